The fourth-order valence-electron chi connectivity index (χ4n) is 2.60. The van der Waals surface area contributed by atoms with E-state index in [1.54, 1.807) is 0 Å². The van der Waals surface area contributed by atoms with Gasteiger partial charge < -0.3 is 9.73 Å². The summed E-state index contributed by atoms with van der Waals surface area (Å²) in [6, 6.07) is 0. The van der Waals surface area contributed by atoms with Crippen molar-refractivity contribution in [2.45, 2.75) is 64.8 Å². The monoisotopic (exact) mass is 250 g/mol. The molecular weight excluding hydrogens is 224 g/mol. The van der Waals surface area contributed by atoms with E-state index in [0.29, 0.717) is 0 Å². The zero-order valence-corrected chi connectivity index (χ0v) is 12.0. The zero-order valence-electron chi connectivity index (χ0n) is 12.0. The van der Waals surface area contributed by atoms with Gasteiger partial charge in [-0.15, -0.1) is 0 Å². The molecule has 18 heavy (non-hydrogen) atoms. The van der Waals surface area contributed by atoms with E-state index >= 15 is 0 Å². The van der Waals surface area contributed by atoms with Crippen molar-refractivity contribution in [1.82, 2.24) is 10.3 Å². The van der Waals surface area contributed by atoms with Gasteiger partial charge in [0.15, 0.2) is 5.89 Å². The van der Waals surface area contributed by atoms with Crippen molar-refractivity contribution in [3.05, 3.63) is 17.8 Å². The van der Waals surface area contributed by atoms with Gasteiger partial charge in [0, 0.05) is 24.9 Å². The van der Waals surface area contributed by atoms with Crippen LogP contribution in [0.1, 0.15) is 58.1 Å². The molecule has 1 aliphatic carbocycles. The van der Waals surface area contributed by atoms with Crippen molar-refractivity contribution in [2.24, 2.45) is 5.92 Å². The van der Waals surface area contributed by atoms with E-state index in [1.807, 2.05) is 6.20 Å². The Morgan fingerprint density at radius 2 is 2.06 bits per heavy atom. The molecule has 0 aromatic carbocycles. The largest absolute Gasteiger partial charge is 0.446 e. The van der Waals surface area contributed by atoms with Crippen molar-refractivity contribution >= 4 is 0 Å². The Morgan fingerprint density at radius 3 is 2.72 bits per heavy atom. The van der Waals surface area contributed by atoms with Crippen LogP contribution in [0.15, 0.2) is 10.6 Å². The molecule has 0 amide bonds. The number of oxazole rings is 1. The maximum Gasteiger partial charge on any atom is 0.195 e. The molecule has 1 aliphatic rings. The lowest BCUT2D eigenvalue weighted by molar-refractivity contribution is 0.390. The molecule has 1 saturated carbocycles. The van der Waals surface area contributed by atoms with E-state index in [1.165, 1.54) is 25.7 Å². The summed E-state index contributed by atoms with van der Waals surface area (Å²) in [5.74, 6) is 2.78. The second kappa shape index (κ2) is 5.87. The molecule has 3 nitrogen and oxygen atoms in total. The van der Waals surface area contributed by atoms with Crippen LogP contribution in [0.3, 0.4) is 0 Å². The fraction of sp³-hybridized carbons (Fsp3) is 0.800. The summed E-state index contributed by atoms with van der Waals surface area (Å²) in [5.41, 5.74) is 0.166. The minimum absolute atomic E-state index is 0.166. The molecule has 0 radical (unpaired) electrons. The van der Waals surface area contributed by atoms with Gasteiger partial charge in [-0.1, -0.05) is 25.7 Å². The highest BCUT2D eigenvalue weighted by molar-refractivity contribution is 4.97. The molecule has 0 spiro atoms. The van der Waals surface area contributed by atoms with Crippen molar-refractivity contribution in [3.63, 3.8) is 0 Å². The van der Waals surface area contributed by atoms with Gasteiger partial charge in [-0.2, -0.15) is 0 Å². The summed E-state index contributed by atoms with van der Waals surface area (Å²) < 4.78 is 5.81. The first kappa shape index (κ1) is 13.6. The van der Waals surface area contributed by atoms with Gasteiger partial charge >= 0.3 is 0 Å². The highest BCUT2D eigenvalue weighted by Gasteiger charge is 2.17. The molecule has 1 N–H and O–H groups in total. The molecule has 1 fully saturated rings. The topological polar surface area (TPSA) is 38.1 Å². The van der Waals surface area contributed by atoms with Crippen LogP contribution in [0, 0.1) is 5.92 Å². The summed E-state index contributed by atoms with van der Waals surface area (Å²) in [6.45, 7) is 7.45. The summed E-state index contributed by atoms with van der Waals surface area (Å²) in [7, 11) is 0. The van der Waals surface area contributed by atoms with Crippen LogP contribution < -0.4 is 5.32 Å². The van der Waals surface area contributed by atoms with Gasteiger partial charge in [0.05, 0.1) is 6.20 Å². The van der Waals surface area contributed by atoms with Crippen LogP contribution in [0.2, 0.25) is 0 Å². The van der Waals surface area contributed by atoms with Crippen molar-refractivity contribution < 1.29 is 4.42 Å². The highest BCUT2D eigenvalue weighted by Crippen LogP contribution is 2.28. The van der Waals surface area contributed by atoms with E-state index in [4.69, 9.17) is 4.42 Å². The maximum absolute atomic E-state index is 5.81. The van der Waals surface area contributed by atoms with Gasteiger partial charge in [0.1, 0.15) is 5.76 Å². The Kier molecular flexibility index (Phi) is 4.44. The molecule has 0 bridgehead atoms. The molecule has 1 aromatic heterocycles. The predicted octanol–water partition coefficient (Wildman–Crippen LogP) is 3.34. The third-order valence-corrected chi connectivity index (χ3v) is 3.56. The van der Waals surface area contributed by atoms with E-state index in [-0.39, 0.29) is 5.54 Å². The summed E-state index contributed by atoms with van der Waals surface area (Å²) in [6.07, 6.45) is 9.39. The molecule has 102 valence electrons. The van der Waals surface area contributed by atoms with Crippen LogP contribution >= 0.6 is 0 Å². The maximum atomic E-state index is 5.81. The normalized spacial score (nSPS) is 17.5. The minimum atomic E-state index is 0.166. The van der Waals surface area contributed by atoms with E-state index in [9.17, 15) is 0 Å². The van der Waals surface area contributed by atoms with Gasteiger partial charge in [-0.05, 0) is 26.7 Å². The first-order valence-electron chi connectivity index (χ1n) is 7.21. The van der Waals surface area contributed by atoms with Gasteiger partial charge in [-0.3, -0.25) is 0 Å². The first-order chi connectivity index (χ1) is 8.53. The van der Waals surface area contributed by atoms with Gasteiger partial charge in [0.2, 0.25) is 0 Å². The van der Waals surface area contributed by atoms with E-state index in [0.717, 1.165) is 37.0 Å². The minimum Gasteiger partial charge on any atom is -0.446 e. The lowest BCUT2D eigenvalue weighted by atomic mass is 10.0. The molecule has 0 atom stereocenters. The number of hydrogen-bond acceptors (Lipinski definition) is 3. The molecular formula is C15H26N2O. The average Bonchev–Trinajstić information content (AvgIpc) is 2.89. The number of nitrogens with zero attached hydrogens (tertiary/aromatic N) is 1. The van der Waals surface area contributed by atoms with Gasteiger partial charge in [0.25, 0.3) is 0 Å². The smallest absolute Gasteiger partial charge is 0.195 e. The second-order valence-electron chi connectivity index (χ2n) is 6.50. The standard InChI is InChI=1S/C15H26N2O/c1-15(2,3)17-9-8-14-16-11-13(18-14)10-12-6-4-5-7-12/h11-12,17H,4-10H2,1-3H3. The molecule has 0 saturated heterocycles. The number of aromatic nitrogens is 1. The van der Waals surface area contributed by atoms with E-state index in [2.05, 4.69) is 31.1 Å². The van der Waals surface area contributed by atoms with Crippen molar-refractivity contribution in [3.8, 4) is 0 Å². The molecule has 3 heteroatoms. The van der Waals surface area contributed by atoms with Crippen LogP contribution in [0.25, 0.3) is 0 Å². The Bertz CT molecular complexity index is 359. The van der Waals surface area contributed by atoms with Crippen molar-refractivity contribution in [2.75, 3.05) is 6.54 Å². The number of rotatable bonds is 5. The lowest BCUT2D eigenvalue weighted by Crippen LogP contribution is -2.37. The van der Waals surface area contributed by atoms with Gasteiger partial charge in [-0.25, -0.2) is 4.98 Å². The van der Waals surface area contributed by atoms with Crippen molar-refractivity contribution in [1.29, 1.82) is 0 Å². The number of nitrogens with one attached hydrogen (secondary N) is 1. The Labute approximate surface area is 110 Å². The second-order valence-corrected chi connectivity index (χ2v) is 6.50. The van der Waals surface area contributed by atoms with Crippen LogP contribution in [0.5, 0.6) is 0 Å². The third-order valence-electron chi connectivity index (χ3n) is 3.56. The Balaban J connectivity index is 1.75. The molecule has 0 unspecified atom stereocenters. The predicted molar refractivity (Wildman–Crippen MR) is 73.6 cm³/mol. The molecule has 1 aromatic rings. The fourth-order valence-corrected chi connectivity index (χ4v) is 2.60. The molecule has 0 aliphatic heterocycles. The highest BCUT2D eigenvalue weighted by atomic mass is 16.4. The summed E-state index contributed by atoms with van der Waals surface area (Å²) in [4.78, 5) is 4.37. The quantitative estimate of drug-likeness (QED) is 0.871. The molecule has 2 rings (SSSR count). The number of hydrogen-bond donors (Lipinski definition) is 1. The third kappa shape index (κ3) is 4.45. The SMILES string of the molecule is CC(C)(C)NCCc1ncc(CC2CCCC2)o1. The zero-order chi connectivity index (χ0) is 13.0. The summed E-state index contributed by atoms with van der Waals surface area (Å²) in [5, 5.41) is 3.45. The summed E-state index contributed by atoms with van der Waals surface area (Å²) >= 11 is 0. The van der Waals surface area contributed by atoms with Crippen LogP contribution in [0.4, 0.5) is 0 Å². The lowest BCUT2D eigenvalue weighted by Gasteiger charge is -2.19. The van der Waals surface area contributed by atoms with Crippen LogP contribution in [-0.2, 0) is 12.8 Å². The Hall–Kier alpha value is -0.830. The van der Waals surface area contributed by atoms with E-state index < -0.39 is 0 Å². The molecule has 1 heterocycles. The first-order valence-corrected chi connectivity index (χ1v) is 7.21. The Morgan fingerprint density at radius 1 is 1.33 bits per heavy atom. The van der Waals surface area contributed by atoms with Crippen LogP contribution in [-0.4, -0.2) is 17.1 Å². The average molecular weight is 250 g/mol.